The highest BCUT2D eigenvalue weighted by molar-refractivity contribution is 7.89. The van der Waals surface area contributed by atoms with Gasteiger partial charge in [0.05, 0.1) is 18.0 Å². The topological polar surface area (TPSA) is 49.9 Å². The molecule has 2 heterocycles. The van der Waals surface area contributed by atoms with Gasteiger partial charge in [-0.05, 0) is 66.8 Å². The molecule has 3 aromatic carbocycles. The standard InChI is InChI=1S/C27H29FN2O3S/c1-33-25-9-5-8-21(18-25)27(20-6-3-2-4-7-20)30-23-12-13-24(30)19-29(17-16-23)34(31,32)26-14-10-22(28)11-15-26/h2-11,14-15,18,23-24,27H,12-13,16-17,19H2,1H3/t23-,24-,27-/m0/s1. The molecule has 0 saturated carbocycles. The number of rotatable bonds is 6. The molecular weight excluding hydrogens is 451 g/mol. The predicted octanol–water partition coefficient (Wildman–Crippen LogP) is 4.85. The molecule has 0 radical (unpaired) electrons. The summed E-state index contributed by atoms with van der Waals surface area (Å²) in [5, 5.41) is 0. The van der Waals surface area contributed by atoms with Crippen molar-refractivity contribution in [2.45, 2.75) is 42.3 Å². The summed E-state index contributed by atoms with van der Waals surface area (Å²) < 4.78 is 47.3. The lowest BCUT2D eigenvalue weighted by atomic mass is 9.95. The van der Waals surface area contributed by atoms with Gasteiger partial charge in [0, 0.05) is 25.2 Å². The first kappa shape index (κ1) is 23.0. The van der Waals surface area contributed by atoms with Crippen LogP contribution in [0.15, 0.2) is 83.8 Å². The monoisotopic (exact) mass is 480 g/mol. The van der Waals surface area contributed by atoms with Crippen molar-refractivity contribution < 1.29 is 17.5 Å². The Morgan fingerprint density at radius 3 is 2.32 bits per heavy atom. The summed E-state index contributed by atoms with van der Waals surface area (Å²) in [4.78, 5) is 2.66. The second-order valence-electron chi connectivity index (χ2n) is 9.03. The van der Waals surface area contributed by atoms with E-state index in [0.717, 1.165) is 30.6 Å². The summed E-state index contributed by atoms with van der Waals surface area (Å²) in [5.41, 5.74) is 2.32. The lowest BCUT2D eigenvalue weighted by molar-refractivity contribution is 0.155. The average molecular weight is 481 g/mol. The minimum absolute atomic E-state index is 0.00211. The highest BCUT2D eigenvalue weighted by Gasteiger charge is 2.44. The van der Waals surface area contributed by atoms with Crippen molar-refractivity contribution in [2.24, 2.45) is 0 Å². The van der Waals surface area contributed by atoms with Gasteiger partial charge in [0.1, 0.15) is 11.6 Å². The highest BCUT2D eigenvalue weighted by atomic mass is 32.2. The van der Waals surface area contributed by atoms with Crippen molar-refractivity contribution in [3.63, 3.8) is 0 Å². The van der Waals surface area contributed by atoms with Gasteiger partial charge in [-0.15, -0.1) is 0 Å². The maximum atomic E-state index is 13.4. The lowest BCUT2D eigenvalue weighted by Crippen LogP contribution is -2.43. The van der Waals surface area contributed by atoms with Crippen LogP contribution in [-0.4, -0.2) is 49.9 Å². The molecule has 0 amide bonds. The van der Waals surface area contributed by atoms with E-state index in [9.17, 15) is 12.8 Å². The molecule has 5 rings (SSSR count). The normalized spacial score (nSPS) is 22.3. The van der Waals surface area contributed by atoms with Crippen LogP contribution in [0.1, 0.15) is 36.4 Å². The molecule has 178 valence electrons. The average Bonchev–Trinajstić information content (AvgIpc) is 3.13. The quantitative estimate of drug-likeness (QED) is 0.506. The van der Waals surface area contributed by atoms with Crippen molar-refractivity contribution in [2.75, 3.05) is 20.2 Å². The highest BCUT2D eigenvalue weighted by Crippen LogP contribution is 2.42. The van der Waals surface area contributed by atoms with Crippen LogP contribution in [-0.2, 0) is 10.0 Å². The fourth-order valence-electron chi connectivity index (χ4n) is 5.46. The van der Waals surface area contributed by atoms with Crippen LogP contribution in [0.25, 0.3) is 0 Å². The van der Waals surface area contributed by atoms with Gasteiger partial charge >= 0.3 is 0 Å². The molecule has 2 aliphatic rings. The molecule has 0 aliphatic carbocycles. The van der Waals surface area contributed by atoms with Crippen LogP contribution in [0.4, 0.5) is 4.39 Å². The summed E-state index contributed by atoms with van der Waals surface area (Å²) in [5.74, 6) is 0.366. The maximum Gasteiger partial charge on any atom is 0.243 e. The van der Waals surface area contributed by atoms with Gasteiger partial charge in [0.2, 0.25) is 10.0 Å². The molecule has 34 heavy (non-hydrogen) atoms. The van der Waals surface area contributed by atoms with Crippen LogP contribution < -0.4 is 4.74 Å². The van der Waals surface area contributed by atoms with Crippen LogP contribution in [0, 0.1) is 5.82 Å². The Kier molecular flexibility index (Phi) is 6.42. The Balaban J connectivity index is 1.51. The third-order valence-corrected chi connectivity index (χ3v) is 8.96. The second-order valence-corrected chi connectivity index (χ2v) is 11.0. The first-order valence-electron chi connectivity index (χ1n) is 11.7. The third-order valence-electron chi connectivity index (χ3n) is 7.08. The van der Waals surface area contributed by atoms with Crippen LogP contribution in [0.2, 0.25) is 0 Å². The van der Waals surface area contributed by atoms with Gasteiger partial charge in [0.25, 0.3) is 0 Å². The molecule has 3 atom stereocenters. The van der Waals surface area contributed by atoms with E-state index in [-0.39, 0.29) is 23.0 Å². The Labute approximate surface area is 200 Å². The zero-order valence-corrected chi connectivity index (χ0v) is 20.0. The molecular formula is C27H29FN2O3S. The SMILES string of the molecule is COc1cccc([C@H](c2ccccc2)N2[C@H]3CC[C@H]2CN(S(=O)(=O)c2ccc(F)cc2)CC3)c1. The van der Waals surface area contributed by atoms with Gasteiger partial charge in [-0.2, -0.15) is 4.31 Å². The zero-order chi connectivity index (χ0) is 23.7. The minimum Gasteiger partial charge on any atom is -0.497 e. The summed E-state index contributed by atoms with van der Waals surface area (Å²) in [6.45, 7) is 0.876. The fraction of sp³-hybridized carbons (Fsp3) is 0.333. The Hall–Kier alpha value is -2.74. The summed E-state index contributed by atoms with van der Waals surface area (Å²) in [7, 11) is -2.02. The van der Waals surface area contributed by atoms with Gasteiger partial charge < -0.3 is 4.74 Å². The number of methoxy groups -OCH3 is 1. The molecule has 2 saturated heterocycles. The molecule has 0 spiro atoms. The summed E-state index contributed by atoms with van der Waals surface area (Å²) in [6.07, 6.45) is 2.74. The number of benzene rings is 3. The van der Waals surface area contributed by atoms with Crippen LogP contribution in [0.3, 0.4) is 0 Å². The third kappa shape index (κ3) is 4.35. The lowest BCUT2D eigenvalue weighted by Gasteiger charge is -2.37. The number of fused-ring (bicyclic) bond motifs is 2. The first-order valence-corrected chi connectivity index (χ1v) is 13.1. The number of hydrogen-bond donors (Lipinski definition) is 0. The Bertz CT molecular complexity index is 1230. The van der Waals surface area contributed by atoms with E-state index in [1.54, 1.807) is 11.4 Å². The molecule has 3 aromatic rings. The van der Waals surface area contributed by atoms with E-state index in [2.05, 4.69) is 29.2 Å². The van der Waals surface area contributed by atoms with Crippen molar-refractivity contribution in [3.05, 3.63) is 95.8 Å². The number of sulfonamides is 1. The largest absolute Gasteiger partial charge is 0.497 e. The van der Waals surface area contributed by atoms with Gasteiger partial charge in [0.15, 0.2) is 0 Å². The van der Waals surface area contributed by atoms with Crippen LogP contribution >= 0.6 is 0 Å². The smallest absolute Gasteiger partial charge is 0.243 e. The number of halogens is 1. The van der Waals surface area contributed by atoms with E-state index >= 15 is 0 Å². The minimum atomic E-state index is -3.69. The number of hydrogen-bond acceptors (Lipinski definition) is 4. The molecule has 5 nitrogen and oxygen atoms in total. The van der Waals surface area contributed by atoms with Crippen molar-refractivity contribution in [3.8, 4) is 5.75 Å². The van der Waals surface area contributed by atoms with E-state index in [4.69, 9.17) is 4.74 Å². The van der Waals surface area contributed by atoms with Crippen molar-refractivity contribution in [1.29, 1.82) is 0 Å². The van der Waals surface area contributed by atoms with Gasteiger partial charge in [-0.25, -0.2) is 12.8 Å². The summed E-state index contributed by atoms with van der Waals surface area (Å²) >= 11 is 0. The fourth-order valence-corrected chi connectivity index (χ4v) is 6.95. The molecule has 2 aliphatic heterocycles. The Morgan fingerprint density at radius 1 is 0.882 bits per heavy atom. The molecule has 2 fully saturated rings. The molecule has 7 heteroatoms. The van der Waals surface area contributed by atoms with E-state index in [1.165, 1.54) is 29.8 Å². The van der Waals surface area contributed by atoms with Crippen molar-refractivity contribution in [1.82, 2.24) is 9.21 Å². The van der Waals surface area contributed by atoms with E-state index in [1.807, 2.05) is 30.3 Å². The van der Waals surface area contributed by atoms with E-state index < -0.39 is 15.8 Å². The second kappa shape index (κ2) is 9.49. The zero-order valence-electron chi connectivity index (χ0n) is 19.2. The van der Waals surface area contributed by atoms with Crippen molar-refractivity contribution >= 4 is 10.0 Å². The van der Waals surface area contributed by atoms with Gasteiger partial charge in [-0.1, -0.05) is 42.5 Å². The molecule has 0 aromatic heterocycles. The number of ether oxygens (including phenoxy) is 1. The van der Waals surface area contributed by atoms with Gasteiger partial charge in [-0.3, -0.25) is 4.90 Å². The van der Waals surface area contributed by atoms with E-state index in [0.29, 0.717) is 13.1 Å². The first-order chi connectivity index (χ1) is 16.5. The van der Waals surface area contributed by atoms with Crippen LogP contribution in [0.5, 0.6) is 5.75 Å². The molecule has 2 bridgehead atoms. The summed E-state index contributed by atoms with van der Waals surface area (Å²) in [6, 6.07) is 24.0. The number of nitrogens with zero attached hydrogens (tertiary/aromatic N) is 2. The maximum absolute atomic E-state index is 13.4. The molecule has 0 unspecified atom stereocenters. The Morgan fingerprint density at radius 2 is 1.59 bits per heavy atom. The predicted molar refractivity (Wildman–Crippen MR) is 130 cm³/mol. The molecule has 0 N–H and O–H groups in total.